The predicted molar refractivity (Wildman–Crippen MR) is 255 cm³/mol. The van der Waals surface area contributed by atoms with E-state index in [9.17, 15) is 0 Å². The second kappa shape index (κ2) is 15.1. The Hall–Kier alpha value is -7.94. The first-order valence-electron chi connectivity index (χ1n) is 20.6. The van der Waals surface area contributed by atoms with Crippen LogP contribution in [0.3, 0.4) is 0 Å². The molecule has 282 valence electrons. The molecule has 0 fully saturated rings. The lowest BCUT2D eigenvalue weighted by Gasteiger charge is -2.28. The summed E-state index contributed by atoms with van der Waals surface area (Å²) in [4.78, 5) is 2.41. The van der Waals surface area contributed by atoms with Crippen LogP contribution < -0.4 is 4.90 Å². The highest BCUT2D eigenvalue weighted by atomic mass is 15.1. The standard InChI is InChI=1S/C58H40N2/c1-3-15-41(16-4-1)45-19-13-21-47(39-45)43-29-33-49(34-30-43)59(50-35-31-44(32-36-50)48-22-14-20-46(40-48)42-17-5-2-6-18-42)57-37-38-58(54-24-8-7-23-53(54)57)60-55-27-11-9-25-51(55)52-26-10-12-28-56(52)60/h1-40H. The van der Waals surface area contributed by atoms with Gasteiger partial charge in [0, 0.05) is 32.9 Å². The Kier molecular flexibility index (Phi) is 8.87. The minimum atomic E-state index is 1.09. The minimum Gasteiger partial charge on any atom is -0.310 e. The van der Waals surface area contributed by atoms with Crippen LogP contribution >= 0.6 is 0 Å². The lowest BCUT2D eigenvalue weighted by Crippen LogP contribution is -2.11. The summed E-state index contributed by atoms with van der Waals surface area (Å²) in [5.41, 5.74) is 16.5. The van der Waals surface area contributed by atoms with E-state index in [1.807, 2.05) is 0 Å². The van der Waals surface area contributed by atoms with Gasteiger partial charge in [0.15, 0.2) is 0 Å². The monoisotopic (exact) mass is 764 g/mol. The Bertz CT molecular complexity index is 3110. The molecule has 0 amide bonds. The Balaban J connectivity index is 1.05. The average Bonchev–Trinajstić information content (AvgIpc) is 3.67. The third-order valence-corrected chi connectivity index (χ3v) is 11.8. The van der Waals surface area contributed by atoms with Gasteiger partial charge in [-0.3, -0.25) is 0 Å². The number of fused-ring (bicyclic) bond motifs is 4. The summed E-state index contributed by atoms with van der Waals surface area (Å²) in [6.07, 6.45) is 0. The highest BCUT2D eigenvalue weighted by Crippen LogP contribution is 2.43. The molecule has 1 heterocycles. The van der Waals surface area contributed by atoms with Gasteiger partial charge in [-0.1, -0.05) is 182 Å². The first-order valence-corrected chi connectivity index (χ1v) is 20.6. The van der Waals surface area contributed by atoms with E-state index in [1.54, 1.807) is 0 Å². The van der Waals surface area contributed by atoms with Gasteiger partial charge >= 0.3 is 0 Å². The van der Waals surface area contributed by atoms with Gasteiger partial charge in [0.2, 0.25) is 0 Å². The van der Waals surface area contributed by atoms with Crippen molar-refractivity contribution in [1.82, 2.24) is 4.57 Å². The molecule has 0 N–H and O–H groups in total. The van der Waals surface area contributed by atoms with Crippen LogP contribution in [0.2, 0.25) is 0 Å². The molecule has 0 saturated heterocycles. The number of nitrogens with zero attached hydrogens (tertiary/aromatic N) is 2. The number of hydrogen-bond acceptors (Lipinski definition) is 1. The fourth-order valence-electron chi connectivity index (χ4n) is 8.89. The van der Waals surface area contributed by atoms with E-state index in [2.05, 4.69) is 252 Å². The SMILES string of the molecule is c1ccc(-c2cccc(-c3ccc(N(c4ccc(-c5cccc(-c6ccccc6)c5)cc4)c4ccc(-n5c6ccccc6c6ccccc65)c5ccccc45)cc3)c2)cc1. The molecule has 0 saturated carbocycles. The van der Waals surface area contributed by atoms with Crippen molar-refractivity contribution < 1.29 is 0 Å². The second-order valence-corrected chi connectivity index (χ2v) is 15.3. The fourth-order valence-corrected chi connectivity index (χ4v) is 8.89. The van der Waals surface area contributed by atoms with E-state index in [0.29, 0.717) is 0 Å². The van der Waals surface area contributed by atoms with Crippen LogP contribution in [-0.4, -0.2) is 4.57 Å². The van der Waals surface area contributed by atoms with Crippen LogP contribution in [0.1, 0.15) is 0 Å². The average molecular weight is 765 g/mol. The van der Waals surface area contributed by atoms with Crippen molar-refractivity contribution in [3.63, 3.8) is 0 Å². The van der Waals surface area contributed by atoms with Gasteiger partial charge in [-0.05, 0) is 105 Å². The van der Waals surface area contributed by atoms with Crippen LogP contribution in [-0.2, 0) is 0 Å². The lowest BCUT2D eigenvalue weighted by molar-refractivity contribution is 1.19. The largest absolute Gasteiger partial charge is 0.310 e. The van der Waals surface area contributed by atoms with Crippen molar-refractivity contribution in [1.29, 1.82) is 0 Å². The zero-order valence-electron chi connectivity index (χ0n) is 33.0. The van der Waals surface area contributed by atoms with Gasteiger partial charge in [0.1, 0.15) is 0 Å². The zero-order valence-corrected chi connectivity index (χ0v) is 33.0. The molecule has 60 heavy (non-hydrogen) atoms. The summed E-state index contributed by atoms with van der Waals surface area (Å²) in [6.45, 7) is 0. The maximum atomic E-state index is 2.43. The molecule has 0 spiro atoms. The molecule has 0 aliphatic heterocycles. The van der Waals surface area contributed by atoms with Crippen molar-refractivity contribution in [2.45, 2.75) is 0 Å². The molecule has 2 heteroatoms. The van der Waals surface area contributed by atoms with Gasteiger partial charge in [0.05, 0.1) is 22.4 Å². The number of aromatic nitrogens is 1. The maximum absolute atomic E-state index is 2.43. The van der Waals surface area contributed by atoms with Gasteiger partial charge in [-0.2, -0.15) is 0 Å². The summed E-state index contributed by atoms with van der Waals surface area (Å²) in [7, 11) is 0. The number of anilines is 3. The number of benzene rings is 10. The summed E-state index contributed by atoms with van der Waals surface area (Å²) >= 11 is 0. The predicted octanol–water partition coefficient (Wildman–Crippen LogP) is 16.1. The topological polar surface area (TPSA) is 8.17 Å². The highest BCUT2D eigenvalue weighted by molar-refractivity contribution is 6.12. The summed E-state index contributed by atoms with van der Waals surface area (Å²) < 4.78 is 2.43. The third-order valence-electron chi connectivity index (χ3n) is 11.8. The normalized spacial score (nSPS) is 11.3. The molecule has 0 atom stereocenters. The smallest absolute Gasteiger partial charge is 0.0542 e. The third kappa shape index (κ3) is 6.32. The van der Waals surface area contributed by atoms with Gasteiger partial charge in [0.25, 0.3) is 0 Å². The quantitative estimate of drug-likeness (QED) is 0.150. The van der Waals surface area contributed by atoms with Crippen LogP contribution in [0.5, 0.6) is 0 Å². The highest BCUT2D eigenvalue weighted by Gasteiger charge is 2.20. The summed E-state index contributed by atoms with van der Waals surface area (Å²) in [5.74, 6) is 0. The van der Waals surface area contributed by atoms with Crippen LogP contribution in [0.15, 0.2) is 243 Å². The van der Waals surface area contributed by atoms with Crippen molar-refractivity contribution in [2.24, 2.45) is 0 Å². The molecule has 11 aromatic rings. The van der Waals surface area contributed by atoms with Crippen LogP contribution in [0.25, 0.3) is 82.8 Å². The van der Waals surface area contributed by atoms with Gasteiger partial charge in [-0.25, -0.2) is 0 Å². The summed E-state index contributed by atoms with van der Waals surface area (Å²) in [5, 5.41) is 4.88. The molecule has 0 radical (unpaired) electrons. The first-order chi connectivity index (χ1) is 29.8. The second-order valence-electron chi connectivity index (χ2n) is 15.3. The molecule has 2 nitrogen and oxygen atoms in total. The molecule has 10 aromatic carbocycles. The molecule has 0 aliphatic rings. The molecular weight excluding hydrogens is 725 g/mol. The number of hydrogen-bond donors (Lipinski definition) is 0. The Labute approximate surface area is 350 Å². The molecule has 11 rings (SSSR count). The Morgan fingerprint density at radius 2 is 0.617 bits per heavy atom. The Morgan fingerprint density at radius 3 is 1.08 bits per heavy atom. The number of rotatable bonds is 8. The first kappa shape index (κ1) is 35.2. The van der Waals surface area contributed by atoms with Crippen molar-refractivity contribution >= 4 is 49.6 Å². The molecule has 0 bridgehead atoms. The van der Waals surface area contributed by atoms with Crippen molar-refractivity contribution in [2.75, 3.05) is 4.90 Å². The molecule has 0 unspecified atom stereocenters. The zero-order chi connectivity index (χ0) is 39.8. The maximum Gasteiger partial charge on any atom is 0.0542 e. The van der Waals surface area contributed by atoms with E-state index in [4.69, 9.17) is 0 Å². The molecular formula is C58H40N2. The van der Waals surface area contributed by atoms with E-state index in [1.165, 1.54) is 77.1 Å². The minimum absolute atomic E-state index is 1.09. The van der Waals surface area contributed by atoms with E-state index in [0.717, 1.165) is 22.7 Å². The number of para-hydroxylation sites is 2. The van der Waals surface area contributed by atoms with Gasteiger partial charge < -0.3 is 9.47 Å². The molecule has 0 aliphatic carbocycles. The van der Waals surface area contributed by atoms with Crippen molar-refractivity contribution in [3.05, 3.63) is 243 Å². The Morgan fingerprint density at radius 1 is 0.250 bits per heavy atom. The van der Waals surface area contributed by atoms with Gasteiger partial charge in [-0.15, -0.1) is 0 Å². The van der Waals surface area contributed by atoms with E-state index in [-0.39, 0.29) is 0 Å². The van der Waals surface area contributed by atoms with Crippen LogP contribution in [0, 0.1) is 0 Å². The van der Waals surface area contributed by atoms with Crippen LogP contribution in [0.4, 0.5) is 17.1 Å². The van der Waals surface area contributed by atoms with E-state index < -0.39 is 0 Å². The molecule has 1 aromatic heterocycles. The lowest BCUT2D eigenvalue weighted by atomic mass is 9.98. The fraction of sp³-hybridized carbons (Fsp3) is 0. The van der Waals surface area contributed by atoms with Crippen molar-refractivity contribution in [3.8, 4) is 50.2 Å². The summed E-state index contributed by atoms with van der Waals surface area (Å²) in [6, 6.07) is 87.8. The van der Waals surface area contributed by atoms with E-state index >= 15 is 0 Å².